The molecule has 38 heavy (non-hydrogen) atoms. The van der Waals surface area contributed by atoms with E-state index in [1.807, 2.05) is 36.4 Å². The summed E-state index contributed by atoms with van der Waals surface area (Å²) in [6, 6.07) is 11.5. The zero-order valence-corrected chi connectivity index (χ0v) is 23.5. The SMILES string of the molecule is CCCCN(CCCC)c1ccc2c(c1)O/C(=C1\Oc3cc(N(CCCC)CCCC)ccc3C1=O)C2=O. The van der Waals surface area contributed by atoms with Crippen LogP contribution < -0.4 is 19.3 Å². The van der Waals surface area contributed by atoms with Gasteiger partial charge in [-0.05, 0) is 49.9 Å². The lowest BCUT2D eigenvalue weighted by Gasteiger charge is -2.25. The number of hydrogen-bond donors (Lipinski definition) is 0. The fourth-order valence-corrected chi connectivity index (χ4v) is 4.95. The fourth-order valence-electron chi connectivity index (χ4n) is 4.95. The standard InChI is InChI=1S/C32H42N2O4/c1-5-9-17-33(18-10-6-2)23-13-15-25-27(21-23)37-31(29(25)35)32-30(36)26-16-14-24(22-28(26)38-32)34(19-11-7-3)20-12-8-4/h13-16,21-22H,5-12,17-20H2,1-4H3/b32-31-. The van der Waals surface area contributed by atoms with Gasteiger partial charge in [0.1, 0.15) is 11.5 Å². The molecule has 0 aliphatic carbocycles. The van der Waals surface area contributed by atoms with E-state index in [-0.39, 0.29) is 23.1 Å². The molecular formula is C32H42N2O4. The van der Waals surface area contributed by atoms with Crippen molar-refractivity contribution in [3.05, 3.63) is 59.0 Å². The summed E-state index contributed by atoms with van der Waals surface area (Å²) in [4.78, 5) is 31.3. The van der Waals surface area contributed by atoms with Crippen LogP contribution in [0.15, 0.2) is 47.9 Å². The third-order valence-electron chi connectivity index (χ3n) is 7.32. The molecule has 4 rings (SSSR count). The van der Waals surface area contributed by atoms with Crippen LogP contribution in [0.2, 0.25) is 0 Å². The van der Waals surface area contributed by atoms with Crippen LogP contribution in [-0.4, -0.2) is 37.7 Å². The summed E-state index contributed by atoms with van der Waals surface area (Å²) >= 11 is 0. The van der Waals surface area contributed by atoms with Gasteiger partial charge in [0.15, 0.2) is 0 Å². The van der Waals surface area contributed by atoms with Crippen molar-refractivity contribution in [1.82, 2.24) is 0 Å². The maximum atomic E-state index is 13.3. The number of Topliss-reactive ketones (excluding diaryl/α,β-unsaturated/α-hetero) is 2. The van der Waals surface area contributed by atoms with Crippen LogP contribution in [0.25, 0.3) is 0 Å². The first-order valence-corrected chi connectivity index (χ1v) is 14.5. The van der Waals surface area contributed by atoms with E-state index in [1.54, 1.807) is 0 Å². The lowest BCUT2D eigenvalue weighted by Crippen LogP contribution is -2.25. The van der Waals surface area contributed by atoms with Gasteiger partial charge in [-0.1, -0.05) is 53.4 Å². The number of benzene rings is 2. The summed E-state index contributed by atoms with van der Waals surface area (Å²) in [5.74, 6) is 0.357. The minimum absolute atomic E-state index is 0.0117. The fraction of sp³-hybridized carbons (Fsp3) is 0.500. The maximum Gasteiger partial charge on any atom is 0.236 e. The van der Waals surface area contributed by atoms with Crippen LogP contribution in [0.1, 0.15) is 99.8 Å². The number of rotatable bonds is 14. The predicted octanol–water partition coefficient (Wildman–Crippen LogP) is 7.56. The highest BCUT2D eigenvalue weighted by Gasteiger charge is 2.39. The van der Waals surface area contributed by atoms with Crippen molar-refractivity contribution in [2.75, 3.05) is 36.0 Å². The Kier molecular flexibility index (Phi) is 9.48. The van der Waals surface area contributed by atoms with Gasteiger partial charge in [-0.25, -0.2) is 0 Å². The molecule has 2 heterocycles. The first-order valence-electron chi connectivity index (χ1n) is 14.5. The van der Waals surface area contributed by atoms with Crippen molar-refractivity contribution in [3.63, 3.8) is 0 Å². The van der Waals surface area contributed by atoms with Crippen molar-refractivity contribution < 1.29 is 19.1 Å². The van der Waals surface area contributed by atoms with E-state index < -0.39 is 0 Å². The monoisotopic (exact) mass is 518 g/mol. The van der Waals surface area contributed by atoms with Crippen LogP contribution in [-0.2, 0) is 0 Å². The smallest absolute Gasteiger partial charge is 0.236 e. The van der Waals surface area contributed by atoms with Crippen LogP contribution in [0.5, 0.6) is 11.5 Å². The van der Waals surface area contributed by atoms with E-state index in [1.165, 1.54) is 0 Å². The Morgan fingerprint density at radius 1 is 0.553 bits per heavy atom. The highest BCUT2D eigenvalue weighted by Crippen LogP contribution is 2.41. The van der Waals surface area contributed by atoms with E-state index in [0.717, 1.165) is 88.9 Å². The Morgan fingerprint density at radius 2 is 0.895 bits per heavy atom. The van der Waals surface area contributed by atoms with Crippen LogP contribution in [0, 0.1) is 0 Å². The third-order valence-corrected chi connectivity index (χ3v) is 7.32. The van der Waals surface area contributed by atoms with E-state index in [9.17, 15) is 9.59 Å². The molecule has 0 N–H and O–H groups in total. The summed E-state index contributed by atoms with van der Waals surface area (Å²) in [7, 11) is 0. The molecule has 0 saturated carbocycles. The van der Waals surface area contributed by atoms with E-state index in [4.69, 9.17) is 9.47 Å². The number of fused-ring (bicyclic) bond motifs is 2. The molecule has 0 fully saturated rings. The van der Waals surface area contributed by atoms with Gasteiger partial charge >= 0.3 is 0 Å². The average molecular weight is 519 g/mol. The zero-order chi connectivity index (χ0) is 27.1. The van der Waals surface area contributed by atoms with Crippen molar-refractivity contribution >= 4 is 22.9 Å². The van der Waals surface area contributed by atoms with Crippen LogP contribution in [0.4, 0.5) is 11.4 Å². The van der Waals surface area contributed by atoms with Gasteiger partial charge in [0.2, 0.25) is 23.1 Å². The van der Waals surface area contributed by atoms with Gasteiger partial charge in [-0.15, -0.1) is 0 Å². The van der Waals surface area contributed by atoms with Gasteiger partial charge in [0.25, 0.3) is 0 Å². The second-order valence-electron chi connectivity index (χ2n) is 10.3. The predicted molar refractivity (Wildman–Crippen MR) is 154 cm³/mol. The van der Waals surface area contributed by atoms with Gasteiger partial charge in [-0.3, -0.25) is 9.59 Å². The summed E-state index contributed by atoms with van der Waals surface area (Å²) in [6.45, 7) is 12.6. The quantitative estimate of drug-likeness (QED) is 0.241. The number of carbonyl (C=O) groups excluding carboxylic acids is 2. The molecule has 0 atom stereocenters. The molecule has 204 valence electrons. The van der Waals surface area contributed by atoms with Gasteiger partial charge in [-0.2, -0.15) is 0 Å². The second-order valence-corrected chi connectivity index (χ2v) is 10.3. The largest absolute Gasteiger partial charge is 0.448 e. The molecule has 0 unspecified atom stereocenters. The first-order chi connectivity index (χ1) is 18.5. The van der Waals surface area contributed by atoms with Crippen molar-refractivity contribution in [3.8, 4) is 11.5 Å². The number of carbonyl (C=O) groups is 2. The third kappa shape index (κ3) is 5.90. The maximum absolute atomic E-state index is 13.3. The van der Waals surface area contributed by atoms with E-state index in [0.29, 0.717) is 22.6 Å². The van der Waals surface area contributed by atoms with E-state index >= 15 is 0 Å². The molecule has 2 aliphatic heterocycles. The van der Waals surface area contributed by atoms with Crippen LogP contribution >= 0.6 is 0 Å². The lowest BCUT2D eigenvalue weighted by atomic mass is 10.1. The lowest BCUT2D eigenvalue weighted by molar-refractivity contribution is 0.0960. The number of unbranched alkanes of at least 4 members (excludes halogenated alkanes) is 4. The molecule has 2 aliphatic rings. The minimum Gasteiger partial charge on any atom is -0.448 e. The Hall–Kier alpha value is -3.28. The van der Waals surface area contributed by atoms with Gasteiger partial charge in [0.05, 0.1) is 11.1 Å². The minimum atomic E-state index is -0.302. The van der Waals surface area contributed by atoms with Crippen molar-refractivity contribution in [1.29, 1.82) is 0 Å². The molecule has 0 amide bonds. The van der Waals surface area contributed by atoms with E-state index in [2.05, 4.69) is 37.5 Å². The molecule has 0 aromatic heterocycles. The van der Waals surface area contributed by atoms with Crippen LogP contribution in [0.3, 0.4) is 0 Å². The highest BCUT2D eigenvalue weighted by atomic mass is 16.5. The number of hydrogen-bond acceptors (Lipinski definition) is 6. The Bertz CT molecular complexity index is 1080. The average Bonchev–Trinajstić information content (AvgIpc) is 3.44. The van der Waals surface area contributed by atoms with Crippen molar-refractivity contribution in [2.24, 2.45) is 0 Å². The number of anilines is 2. The number of nitrogens with zero attached hydrogens (tertiary/aromatic N) is 2. The zero-order valence-electron chi connectivity index (χ0n) is 23.5. The molecule has 0 bridgehead atoms. The number of ether oxygens (including phenoxy) is 2. The van der Waals surface area contributed by atoms with Gasteiger partial charge < -0.3 is 19.3 Å². The highest BCUT2D eigenvalue weighted by molar-refractivity contribution is 6.21. The summed E-state index contributed by atoms with van der Waals surface area (Å²) in [5.41, 5.74) is 3.02. The molecule has 0 radical (unpaired) electrons. The van der Waals surface area contributed by atoms with Gasteiger partial charge in [0, 0.05) is 49.7 Å². The summed E-state index contributed by atoms with van der Waals surface area (Å²) < 4.78 is 12.1. The molecule has 6 nitrogen and oxygen atoms in total. The Labute approximate surface area is 227 Å². The summed E-state index contributed by atoms with van der Waals surface area (Å²) in [5, 5.41) is 0. The first kappa shape index (κ1) is 27.7. The second kappa shape index (κ2) is 13.0. The number of ketones is 2. The molecular weight excluding hydrogens is 476 g/mol. The molecule has 6 heteroatoms. The summed E-state index contributed by atoms with van der Waals surface area (Å²) in [6.07, 6.45) is 8.90. The molecule has 2 aromatic rings. The molecule has 2 aromatic carbocycles. The normalized spacial score (nSPS) is 15.8. The topological polar surface area (TPSA) is 59.1 Å². The molecule has 0 saturated heterocycles. The Balaban J connectivity index is 1.58. The number of allylic oxidation sites excluding steroid dienone is 2. The van der Waals surface area contributed by atoms with Crippen molar-refractivity contribution in [2.45, 2.75) is 79.1 Å². The Morgan fingerprint density at radius 3 is 1.21 bits per heavy atom. The molecule has 0 spiro atoms.